The summed E-state index contributed by atoms with van der Waals surface area (Å²) in [4.78, 5) is 57.9. The number of nitrogen functional groups attached to an aromatic ring is 1. The SMILES string of the molecule is CC(=O)CCCNC(=O)c1ccc(NCc2cnc3nc(N)[nH]c(=O)c3n2)cc1.O=CO. The van der Waals surface area contributed by atoms with Gasteiger partial charge in [0.25, 0.3) is 17.9 Å². The normalized spacial score (nSPS) is 10.0. The molecule has 12 heteroatoms. The Morgan fingerprint density at radius 1 is 1.22 bits per heavy atom. The lowest BCUT2D eigenvalue weighted by molar-refractivity contribution is -0.123. The van der Waals surface area contributed by atoms with Gasteiger partial charge in [0.1, 0.15) is 5.78 Å². The largest absolute Gasteiger partial charge is 0.483 e. The number of ketones is 1. The molecule has 0 atom stereocenters. The number of Topliss-reactive ketones (excluding diaryl/α,β-unsaturated/α-hetero) is 1. The van der Waals surface area contributed by atoms with Crippen LogP contribution in [0.15, 0.2) is 35.3 Å². The molecule has 2 aromatic heterocycles. The lowest BCUT2D eigenvalue weighted by atomic mass is 10.2. The number of carboxylic acid groups (broad SMARTS) is 1. The summed E-state index contributed by atoms with van der Waals surface area (Å²) in [5, 5.41) is 12.8. The molecule has 1 amide bonds. The maximum absolute atomic E-state index is 12.1. The molecule has 0 unspecified atom stereocenters. The van der Waals surface area contributed by atoms with Crippen LogP contribution < -0.4 is 21.9 Å². The molecular formula is C20H23N7O5. The monoisotopic (exact) mass is 441 g/mol. The van der Waals surface area contributed by atoms with E-state index in [-0.39, 0.29) is 35.3 Å². The summed E-state index contributed by atoms with van der Waals surface area (Å²) in [7, 11) is 0. The van der Waals surface area contributed by atoms with Crippen LogP contribution in [0.2, 0.25) is 0 Å². The Hall–Kier alpha value is -4.35. The number of H-pyrrole nitrogens is 1. The first-order valence-corrected chi connectivity index (χ1v) is 9.55. The maximum atomic E-state index is 12.1. The molecule has 6 N–H and O–H groups in total. The van der Waals surface area contributed by atoms with Gasteiger partial charge in [0, 0.05) is 24.2 Å². The van der Waals surface area contributed by atoms with Crippen LogP contribution in [0.1, 0.15) is 35.8 Å². The third kappa shape index (κ3) is 7.16. The summed E-state index contributed by atoms with van der Waals surface area (Å²) < 4.78 is 0. The highest BCUT2D eigenvalue weighted by Crippen LogP contribution is 2.11. The van der Waals surface area contributed by atoms with Gasteiger partial charge >= 0.3 is 0 Å². The van der Waals surface area contributed by atoms with Gasteiger partial charge in [-0.05, 0) is 37.6 Å². The Morgan fingerprint density at radius 2 is 1.91 bits per heavy atom. The van der Waals surface area contributed by atoms with E-state index in [0.29, 0.717) is 37.2 Å². The van der Waals surface area contributed by atoms with E-state index in [2.05, 4.69) is 30.6 Å². The predicted molar refractivity (Wildman–Crippen MR) is 117 cm³/mol. The van der Waals surface area contributed by atoms with Crippen LogP contribution >= 0.6 is 0 Å². The van der Waals surface area contributed by atoms with Crippen LogP contribution in [0.4, 0.5) is 11.6 Å². The molecular weight excluding hydrogens is 418 g/mol. The number of amides is 1. The number of hydrogen-bond donors (Lipinski definition) is 5. The number of anilines is 2. The van der Waals surface area contributed by atoms with Crippen LogP contribution in [0.25, 0.3) is 11.2 Å². The van der Waals surface area contributed by atoms with Gasteiger partial charge in [-0.25, -0.2) is 9.97 Å². The Bertz CT molecular complexity index is 1150. The second-order valence-corrected chi connectivity index (χ2v) is 6.58. The zero-order valence-electron chi connectivity index (χ0n) is 17.3. The summed E-state index contributed by atoms with van der Waals surface area (Å²) >= 11 is 0. The Labute approximate surface area is 182 Å². The number of carbonyl (C=O) groups excluding carboxylic acids is 2. The van der Waals surface area contributed by atoms with E-state index in [1.54, 1.807) is 24.3 Å². The second kappa shape index (κ2) is 11.7. The van der Waals surface area contributed by atoms with Gasteiger partial charge in [0.2, 0.25) is 5.95 Å². The van der Waals surface area contributed by atoms with Crippen molar-refractivity contribution in [3.05, 3.63) is 52.1 Å². The van der Waals surface area contributed by atoms with Crippen molar-refractivity contribution < 1.29 is 19.5 Å². The van der Waals surface area contributed by atoms with Gasteiger partial charge in [0.15, 0.2) is 11.2 Å². The summed E-state index contributed by atoms with van der Waals surface area (Å²) in [6.07, 6.45) is 2.60. The van der Waals surface area contributed by atoms with E-state index in [4.69, 9.17) is 15.6 Å². The zero-order valence-corrected chi connectivity index (χ0v) is 17.3. The van der Waals surface area contributed by atoms with E-state index in [1.165, 1.54) is 13.1 Å². The maximum Gasteiger partial charge on any atom is 0.290 e. The minimum atomic E-state index is -0.444. The number of nitrogens with one attached hydrogen (secondary N) is 3. The predicted octanol–water partition coefficient (Wildman–Crippen LogP) is 0.707. The zero-order chi connectivity index (χ0) is 23.5. The molecule has 3 aromatic rings. The van der Waals surface area contributed by atoms with Gasteiger partial charge in [-0.2, -0.15) is 4.98 Å². The molecule has 32 heavy (non-hydrogen) atoms. The topological polar surface area (TPSA) is 193 Å². The van der Waals surface area contributed by atoms with Crippen molar-refractivity contribution in [2.75, 3.05) is 17.6 Å². The van der Waals surface area contributed by atoms with Crippen molar-refractivity contribution in [2.45, 2.75) is 26.3 Å². The Kier molecular flexibility index (Phi) is 8.78. The van der Waals surface area contributed by atoms with Crippen LogP contribution in [0.5, 0.6) is 0 Å². The molecule has 0 radical (unpaired) electrons. The Balaban J connectivity index is 0.00000114. The first-order valence-electron chi connectivity index (χ1n) is 9.55. The summed E-state index contributed by atoms with van der Waals surface area (Å²) in [6, 6.07) is 6.94. The third-order valence-corrected chi connectivity index (χ3v) is 4.10. The van der Waals surface area contributed by atoms with Crippen molar-refractivity contribution in [2.24, 2.45) is 0 Å². The molecule has 0 fully saturated rings. The summed E-state index contributed by atoms with van der Waals surface area (Å²) in [5.41, 5.74) is 7.22. The number of benzene rings is 1. The summed E-state index contributed by atoms with van der Waals surface area (Å²) in [6.45, 7) is 2.07. The van der Waals surface area contributed by atoms with Crippen molar-refractivity contribution in [3.63, 3.8) is 0 Å². The van der Waals surface area contributed by atoms with E-state index < -0.39 is 5.56 Å². The summed E-state index contributed by atoms with van der Waals surface area (Å²) in [5.74, 6) is -0.0899. The highest BCUT2D eigenvalue weighted by Gasteiger charge is 2.08. The van der Waals surface area contributed by atoms with Crippen molar-refractivity contribution in [3.8, 4) is 0 Å². The lowest BCUT2D eigenvalue weighted by Gasteiger charge is -2.08. The molecule has 3 rings (SSSR count). The van der Waals surface area contributed by atoms with Crippen LogP contribution in [-0.2, 0) is 16.1 Å². The number of nitrogens with two attached hydrogens (primary N) is 1. The molecule has 0 aliphatic heterocycles. The van der Waals surface area contributed by atoms with Crippen LogP contribution in [-0.4, -0.2) is 49.7 Å². The smallest absolute Gasteiger partial charge is 0.290 e. The van der Waals surface area contributed by atoms with Crippen molar-refractivity contribution >= 4 is 41.0 Å². The molecule has 2 heterocycles. The van der Waals surface area contributed by atoms with E-state index in [1.807, 2.05) is 0 Å². The highest BCUT2D eigenvalue weighted by atomic mass is 16.3. The fraction of sp³-hybridized carbons (Fsp3) is 0.250. The standard InChI is InChI=1S/C19H21N7O3.CH2O2/c1-11(27)3-2-8-21-17(28)12-4-6-13(7-5-12)22-9-14-10-23-16-15(24-14)18(29)26-19(20)25-16;2-1-3/h4-7,10,22H,2-3,8-9H2,1H3,(H,21,28)(H3,20,23,25,26,29);1H,(H,2,3). The lowest BCUT2D eigenvalue weighted by Crippen LogP contribution is -2.24. The average molecular weight is 441 g/mol. The van der Waals surface area contributed by atoms with E-state index >= 15 is 0 Å². The number of aromatic amines is 1. The fourth-order valence-electron chi connectivity index (χ4n) is 2.63. The molecule has 0 saturated carbocycles. The van der Waals surface area contributed by atoms with Gasteiger partial charge in [-0.1, -0.05) is 0 Å². The molecule has 0 aliphatic rings. The van der Waals surface area contributed by atoms with Gasteiger partial charge in [-0.3, -0.25) is 19.4 Å². The number of fused-ring (bicyclic) bond motifs is 1. The number of aromatic nitrogens is 4. The highest BCUT2D eigenvalue weighted by molar-refractivity contribution is 5.94. The first kappa shape index (κ1) is 23.9. The number of nitrogens with zero attached hydrogens (tertiary/aromatic N) is 3. The minimum absolute atomic E-state index is 0.00865. The number of carbonyl (C=O) groups is 3. The van der Waals surface area contributed by atoms with Gasteiger partial charge in [-0.15, -0.1) is 0 Å². The quantitative estimate of drug-likeness (QED) is 0.245. The van der Waals surface area contributed by atoms with Crippen LogP contribution in [0.3, 0.4) is 0 Å². The van der Waals surface area contributed by atoms with Crippen molar-refractivity contribution in [1.29, 1.82) is 0 Å². The van der Waals surface area contributed by atoms with Gasteiger partial charge in [0.05, 0.1) is 18.4 Å². The minimum Gasteiger partial charge on any atom is -0.483 e. The van der Waals surface area contributed by atoms with Crippen molar-refractivity contribution in [1.82, 2.24) is 25.3 Å². The number of rotatable bonds is 8. The van der Waals surface area contributed by atoms with Gasteiger partial charge < -0.3 is 26.3 Å². The fourth-order valence-corrected chi connectivity index (χ4v) is 2.63. The number of hydrogen-bond acceptors (Lipinski definition) is 9. The molecule has 168 valence electrons. The first-order chi connectivity index (χ1) is 15.3. The molecule has 12 nitrogen and oxygen atoms in total. The molecule has 1 aromatic carbocycles. The molecule has 0 spiro atoms. The average Bonchev–Trinajstić information content (AvgIpc) is 2.76. The Morgan fingerprint density at radius 3 is 2.56 bits per heavy atom. The van der Waals surface area contributed by atoms with E-state index in [0.717, 1.165) is 5.69 Å². The third-order valence-electron chi connectivity index (χ3n) is 4.10. The van der Waals surface area contributed by atoms with Crippen LogP contribution in [0, 0.1) is 0 Å². The molecule has 0 saturated heterocycles. The molecule has 0 bridgehead atoms. The van der Waals surface area contributed by atoms with E-state index in [9.17, 15) is 14.4 Å². The molecule has 0 aliphatic carbocycles. The second-order valence-electron chi connectivity index (χ2n) is 6.58.